The molecule has 2 aromatic heterocycles. The highest BCUT2D eigenvalue weighted by Crippen LogP contribution is 2.34. The average molecular weight is 500 g/mol. The maximum Gasteiger partial charge on any atom is 0.417 e. The maximum atomic E-state index is 14.9. The van der Waals surface area contributed by atoms with Crippen LogP contribution < -0.4 is 4.90 Å². The van der Waals surface area contributed by atoms with Crippen LogP contribution in [0.1, 0.15) is 41.3 Å². The second kappa shape index (κ2) is 9.09. The number of hydrogen-bond donors (Lipinski definition) is 3. The molecule has 188 valence electrons. The van der Waals surface area contributed by atoms with Gasteiger partial charge in [-0.2, -0.15) is 13.2 Å². The van der Waals surface area contributed by atoms with E-state index in [-0.39, 0.29) is 28.9 Å². The van der Waals surface area contributed by atoms with E-state index < -0.39 is 28.9 Å². The molecule has 6 nitrogen and oxygen atoms in total. The standard InChI is InChI=1S/C26H24F4N4O2/c1-14(35)15-6-8-34(9-7-15)17-11-20(27)23-21(12-17)32-25(33-23)22-10-16(13-31-22)24(36)18-4-2-3-5-19(18)26(28,29)30/h2-5,10-15,31,35H,6-9H2,1H3,(H,32,33)/t14-/m0/s1. The summed E-state index contributed by atoms with van der Waals surface area (Å²) in [6, 6.07) is 9.23. The Kier molecular flexibility index (Phi) is 6.07. The van der Waals surface area contributed by atoms with E-state index in [1.807, 2.05) is 0 Å². The number of nitrogens with zero attached hydrogens (tertiary/aromatic N) is 2. The molecule has 0 radical (unpaired) electrons. The van der Waals surface area contributed by atoms with E-state index in [4.69, 9.17) is 0 Å². The third kappa shape index (κ3) is 4.48. The number of piperidine rings is 1. The van der Waals surface area contributed by atoms with E-state index in [0.717, 1.165) is 25.0 Å². The molecule has 4 aromatic rings. The predicted molar refractivity (Wildman–Crippen MR) is 127 cm³/mol. The number of hydrogen-bond acceptors (Lipinski definition) is 4. The van der Waals surface area contributed by atoms with Crippen LogP contribution in [0.5, 0.6) is 0 Å². The fourth-order valence-electron chi connectivity index (χ4n) is 4.76. The van der Waals surface area contributed by atoms with E-state index in [1.165, 1.54) is 30.5 Å². The van der Waals surface area contributed by atoms with Crippen LogP contribution in [0.25, 0.3) is 22.6 Å². The molecular weight excluding hydrogens is 476 g/mol. The van der Waals surface area contributed by atoms with Gasteiger partial charge in [-0.15, -0.1) is 0 Å². The van der Waals surface area contributed by atoms with Crippen LogP contribution in [0.3, 0.4) is 0 Å². The summed E-state index contributed by atoms with van der Waals surface area (Å²) in [5.41, 5.74) is 0.205. The van der Waals surface area contributed by atoms with Gasteiger partial charge in [-0.25, -0.2) is 9.37 Å². The van der Waals surface area contributed by atoms with E-state index >= 15 is 0 Å². The Balaban J connectivity index is 1.41. The van der Waals surface area contributed by atoms with Crippen molar-refractivity contribution in [2.75, 3.05) is 18.0 Å². The maximum absolute atomic E-state index is 14.9. The molecule has 1 aliphatic heterocycles. The molecule has 3 N–H and O–H groups in total. The first-order valence-corrected chi connectivity index (χ1v) is 11.6. The van der Waals surface area contributed by atoms with Crippen molar-refractivity contribution in [2.45, 2.75) is 32.0 Å². The van der Waals surface area contributed by atoms with Gasteiger partial charge in [0.05, 0.1) is 22.9 Å². The number of aromatic amines is 2. The van der Waals surface area contributed by atoms with Crippen molar-refractivity contribution < 1.29 is 27.5 Å². The highest BCUT2D eigenvalue weighted by Gasteiger charge is 2.35. The van der Waals surface area contributed by atoms with Crippen LogP contribution in [-0.4, -0.2) is 45.0 Å². The molecule has 0 saturated carbocycles. The number of ketones is 1. The van der Waals surface area contributed by atoms with Gasteiger partial charge in [0.1, 0.15) is 5.52 Å². The molecule has 2 aromatic carbocycles. The number of fused-ring (bicyclic) bond motifs is 1. The van der Waals surface area contributed by atoms with Crippen LogP contribution in [0.15, 0.2) is 48.7 Å². The fraction of sp³-hybridized carbons (Fsp3) is 0.308. The number of alkyl halides is 3. The molecule has 0 unspecified atom stereocenters. The summed E-state index contributed by atoms with van der Waals surface area (Å²) in [5, 5.41) is 9.81. The number of carbonyl (C=O) groups excluding carboxylic acids is 1. The molecule has 3 heterocycles. The van der Waals surface area contributed by atoms with Gasteiger partial charge in [0.15, 0.2) is 17.4 Å². The minimum atomic E-state index is -4.66. The van der Waals surface area contributed by atoms with Crippen molar-refractivity contribution in [1.82, 2.24) is 15.0 Å². The lowest BCUT2D eigenvalue weighted by Crippen LogP contribution is -2.37. The highest BCUT2D eigenvalue weighted by molar-refractivity contribution is 6.10. The molecule has 1 atom stereocenters. The number of nitrogens with one attached hydrogen (secondary N) is 2. The molecule has 1 fully saturated rings. The molecule has 36 heavy (non-hydrogen) atoms. The summed E-state index contributed by atoms with van der Waals surface area (Å²) in [5.74, 6) is -0.807. The topological polar surface area (TPSA) is 85.0 Å². The van der Waals surface area contributed by atoms with E-state index in [9.17, 15) is 27.5 Å². The zero-order valence-electron chi connectivity index (χ0n) is 19.4. The second-order valence-electron chi connectivity index (χ2n) is 9.15. The predicted octanol–water partition coefficient (Wildman–Crippen LogP) is 5.54. The van der Waals surface area contributed by atoms with Crippen molar-refractivity contribution >= 4 is 22.5 Å². The van der Waals surface area contributed by atoms with E-state index in [1.54, 1.807) is 13.0 Å². The summed E-state index contributed by atoms with van der Waals surface area (Å²) in [4.78, 5) is 25.1. The zero-order valence-corrected chi connectivity index (χ0v) is 19.4. The number of anilines is 1. The van der Waals surface area contributed by atoms with Gasteiger partial charge in [-0.3, -0.25) is 4.79 Å². The van der Waals surface area contributed by atoms with Gasteiger partial charge in [0.2, 0.25) is 0 Å². The van der Waals surface area contributed by atoms with Crippen molar-refractivity contribution in [3.8, 4) is 11.5 Å². The molecule has 10 heteroatoms. The van der Waals surface area contributed by atoms with Crippen LogP contribution >= 0.6 is 0 Å². The molecule has 0 amide bonds. The van der Waals surface area contributed by atoms with E-state index in [0.29, 0.717) is 30.0 Å². The van der Waals surface area contributed by atoms with Gasteiger partial charge >= 0.3 is 6.18 Å². The van der Waals surface area contributed by atoms with Crippen LogP contribution in [0.2, 0.25) is 0 Å². The number of aromatic nitrogens is 3. The summed E-state index contributed by atoms with van der Waals surface area (Å²) < 4.78 is 55.0. The Hall–Kier alpha value is -3.66. The third-order valence-corrected chi connectivity index (χ3v) is 6.79. The number of halogens is 4. The van der Waals surface area contributed by atoms with Crippen LogP contribution in [-0.2, 0) is 6.18 Å². The largest absolute Gasteiger partial charge is 0.417 e. The van der Waals surface area contributed by atoms with Crippen LogP contribution in [0.4, 0.5) is 23.2 Å². The first-order chi connectivity index (χ1) is 17.1. The fourth-order valence-corrected chi connectivity index (χ4v) is 4.76. The quantitative estimate of drug-likeness (QED) is 0.248. The van der Waals surface area contributed by atoms with Crippen molar-refractivity contribution in [3.63, 3.8) is 0 Å². The van der Waals surface area contributed by atoms with Crippen molar-refractivity contribution in [3.05, 3.63) is 71.2 Å². The smallest absolute Gasteiger partial charge is 0.393 e. The summed E-state index contributed by atoms with van der Waals surface area (Å²) >= 11 is 0. The number of rotatable bonds is 5. The third-order valence-electron chi connectivity index (χ3n) is 6.79. The highest BCUT2D eigenvalue weighted by atomic mass is 19.4. The van der Waals surface area contributed by atoms with E-state index in [2.05, 4.69) is 19.9 Å². The normalized spacial score (nSPS) is 16.0. The SMILES string of the molecule is C[C@H](O)C1CCN(c2cc(F)c3nc(-c4cc(C(=O)c5ccccc5C(F)(F)F)c[nH]4)[nH]c3c2)CC1. The Morgan fingerprint density at radius 2 is 1.89 bits per heavy atom. The van der Waals surface area contributed by atoms with Gasteiger partial charge in [0, 0.05) is 36.1 Å². The lowest BCUT2D eigenvalue weighted by atomic mass is 9.92. The average Bonchev–Trinajstić information content (AvgIpc) is 3.51. The Morgan fingerprint density at radius 3 is 2.58 bits per heavy atom. The number of aliphatic hydroxyl groups is 1. The van der Waals surface area contributed by atoms with Gasteiger partial charge in [-0.1, -0.05) is 18.2 Å². The number of aliphatic hydroxyl groups excluding tert-OH is 1. The number of H-pyrrole nitrogens is 2. The lowest BCUT2D eigenvalue weighted by molar-refractivity contribution is -0.137. The Bertz CT molecular complexity index is 1420. The summed E-state index contributed by atoms with van der Waals surface area (Å²) in [7, 11) is 0. The van der Waals surface area contributed by atoms with Gasteiger partial charge in [0.25, 0.3) is 0 Å². The number of benzene rings is 2. The first-order valence-electron chi connectivity index (χ1n) is 11.6. The molecule has 1 saturated heterocycles. The molecule has 1 aliphatic rings. The molecule has 0 bridgehead atoms. The lowest BCUT2D eigenvalue weighted by Gasteiger charge is -2.34. The minimum Gasteiger partial charge on any atom is -0.393 e. The second-order valence-corrected chi connectivity index (χ2v) is 9.15. The Labute approximate surface area is 204 Å². The molecule has 5 rings (SSSR count). The first kappa shape index (κ1) is 24.1. The summed E-state index contributed by atoms with van der Waals surface area (Å²) in [6.45, 7) is 3.18. The van der Waals surface area contributed by atoms with Gasteiger partial charge in [-0.05, 0) is 49.9 Å². The molecular formula is C26H24F4N4O2. The number of imidazole rings is 1. The molecule has 0 aliphatic carbocycles. The van der Waals surface area contributed by atoms with Crippen molar-refractivity contribution in [1.29, 1.82) is 0 Å². The minimum absolute atomic E-state index is 0.0318. The monoisotopic (exact) mass is 500 g/mol. The van der Waals surface area contributed by atoms with Crippen molar-refractivity contribution in [2.24, 2.45) is 5.92 Å². The van der Waals surface area contributed by atoms with Gasteiger partial charge < -0.3 is 20.0 Å². The number of carbonyl (C=O) groups is 1. The van der Waals surface area contributed by atoms with Crippen LogP contribution in [0, 0.1) is 11.7 Å². The molecule has 0 spiro atoms. The zero-order chi connectivity index (χ0) is 25.6. The summed E-state index contributed by atoms with van der Waals surface area (Å²) in [6.07, 6.45) is -2.11. The Morgan fingerprint density at radius 1 is 1.17 bits per heavy atom.